The van der Waals surface area contributed by atoms with Gasteiger partial charge in [-0.2, -0.15) is 0 Å². The largest absolute Gasteiger partial charge is 0.239 e. The minimum Gasteiger partial charge on any atom is -0.239 e. The summed E-state index contributed by atoms with van der Waals surface area (Å²) in [6, 6.07) is 3.90. The van der Waals surface area contributed by atoms with Gasteiger partial charge in [-0.15, -0.1) is 0 Å². The number of pyridine rings is 1. The quantitative estimate of drug-likeness (QED) is 0.437. The molecule has 0 spiro atoms. The molecule has 0 aliphatic rings. The third-order valence-electron chi connectivity index (χ3n) is 0.998. The van der Waals surface area contributed by atoms with Crippen LogP contribution in [0, 0.1) is 3.57 Å². The van der Waals surface area contributed by atoms with Crippen molar-refractivity contribution in [1.82, 2.24) is 4.98 Å². The topological polar surface area (TPSA) is 12.9 Å². The molecule has 0 atom stereocenters. The van der Waals surface area contributed by atoms with Crippen LogP contribution in [0.5, 0.6) is 0 Å². The van der Waals surface area contributed by atoms with Gasteiger partial charge >= 0.3 is 0 Å². The first-order chi connectivity index (χ1) is 4.74. The molecule has 0 aromatic carbocycles. The van der Waals surface area contributed by atoms with Crippen molar-refractivity contribution in [2.24, 2.45) is 0 Å². The predicted octanol–water partition coefficient (Wildman–Crippen LogP) is 3.23. The molecule has 1 aromatic heterocycles. The fraction of sp³-hybridized carbons (Fsp3) is 0.167. The maximum atomic E-state index is 5.75. The first-order valence-corrected chi connectivity index (χ1v) is 5.18. The van der Waals surface area contributed by atoms with E-state index in [1.54, 1.807) is 0 Å². The fourth-order valence-electron chi connectivity index (χ4n) is 0.529. The van der Waals surface area contributed by atoms with Gasteiger partial charge in [0.25, 0.3) is 0 Å². The van der Waals surface area contributed by atoms with E-state index >= 15 is 0 Å². The second-order valence-corrected chi connectivity index (χ2v) is 3.79. The summed E-state index contributed by atoms with van der Waals surface area (Å²) in [6.07, 6.45) is 0. The summed E-state index contributed by atoms with van der Waals surface area (Å²) >= 11 is 11.2. The van der Waals surface area contributed by atoms with Gasteiger partial charge in [0, 0.05) is 5.33 Å². The molecular weight excluding hydrogens is 328 g/mol. The molecule has 0 saturated carbocycles. The lowest BCUT2D eigenvalue weighted by atomic mass is 10.4. The second-order valence-electron chi connectivity index (χ2n) is 1.71. The van der Waals surface area contributed by atoms with Crippen molar-refractivity contribution in [3.63, 3.8) is 0 Å². The fourth-order valence-corrected chi connectivity index (χ4v) is 1.31. The average Bonchev–Trinajstić information content (AvgIpc) is 1.95. The van der Waals surface area contributed by atoms with E-state index in [2.05, 4.69) is 43.5 Å². The van der Waals surface area contributed by atoms with Crippen molar-refractivity contribution >= 4 is 50.1 Å². The van der Waals surface area contributed by atoms with Gasteiger partial charge in [-0.25, -0.2) is 4.98 Å². The van der Waals surface area contributed by atoms with Crippen LogP contribution >= 0.6 is 50.1 Å². The summed E-state index contributed by atoms with van der Waals surface area (Å²) in [6.45, 7) is 0. The van der Waals surface area contributed by atoms with Gasteiger partial charge in [-0.3, -0.25) is 0 Å². The van der Waals surface area contributed by atoms with Gasteiger partial charge in [0.05, 0.1) is 9.26 Å². The van der Waals surface area contributed by atoms with Crippen LogP contribution in [0.25, 0.3) is 0 Å². The van der Waals surface area contributed by atoms with Crippen molar-refractivity contribution in [2.75, 3.05) is 0 Å². The van der Waals surface area contributed by atoms with E-state index in [9.17, 15) is 0 Å². The van der Waals surface area contributed by atoms with E-state index in [4.69, 9.17) is 11.6 Å². The minimum absolute atomic E-state index is 0.581. The molecule has 0 amide bonds. The summed E-state index contributed by atoms with van der Waals surface area (Å²) < 4.78 is 0.990. The van der Waals surface area contributed by atoms with E-state index in [1.807, 2.05) is 12.1 Å². The van der Waals surface area contributed by atoms with Crippen molar-refractivity contribution in [3.05, 3.63) is 26.5 Å². The normalized spacial score (nSPS) is 9.90. The van der Waals surface area contributed by atoms with Crippen LogP contribution in [0.4, 0.5) is 0 Å². The lowest BCUT2D eigenvalue weighted by Gasteiger charge is -1.96. The molecule has 1 nitrogen and oxygen atoms in total. The van der Waals surface area contributed by atoms with E-state index in [0.717, 1.165) is 14.6 Å². The average molecular weight is 332 g/mol. The summed E-state index contributed by atoms with van der Waals surface area (Å²) in [5.74, 6) is 0. The van der Waals surface area contributed by atoms with E-state index in [0.29, 0.717) is 5.15 Å². The molecule has 0 radical (unpaired) electrons. The van der Waals surface area contributed by atoms with Crippen molar-refractivity contribution < 1.29 is 0 Å². The summed E-state index contributed by atoms with van der Waals surface area (Å²) in [5, 5.41) is 1.33. The lowest BCUT2D eigenvalue weighted by molar-refractivity contribution is 1.17. The highest BCUT2D eigenvalue weighted by atomic mass is 127. The number of hydrogen-bond donors (Lipinski definition) is 0. The number of aromatic nitrogens is 1. The number of alkyl halides is 1. The Bertz CT molecular complexity index is 241. The molecule has 1 aromatic rings. The summed E-state index contributed by atoms with van der Waals surface area (Å²) in [5.41, 5.74) is 0.963. The molecule has 0 unspecified atom stereocenters. The first-order valence-electron chi connectivity index (χ1n) is 2.61. The number of hydrogen-bond acceptors (Lipinski definition) is 1. The lowest BCUT2D eigenvalue weighted by Crippen LogP contribution is -1.86. The molecule has 0 fully saturated rings. The number of halogens is 3. The van der Waals surface area contributed by atoms with E-state index in [-0.39, 0.29) is 0 Å². The van der Waals surface area contributed by atoms with Crippen LogP contribution in [0.1, 0.15) is 5.69 Å². The highest BCUT2D eigenvalue weighted by molar-refractivity contribution is 14.1. The van der Waals surface area contributed by atoms with Crippen LogP contribution in [-0.2, 0) is 5.33 Å². The standard InChI is InChI=1S/C6H4BrClIN/c7-3-4-1-2-5(9)6(8)10-4/h1-2H,3H2. The molecular formula is C6H4BrClIN. The highest BCUT2D eigenvalue weighted by Gasteiger charge is 1.97. The van der Waals surface area contributed by atoms with E-state index < -0.39 is 0 Å². The Kier molecular flexibility index (Phi) is 3.39. The molecule has 0 saturated heterocycles. The van der Waals surface area contributed by atoms with Gasteiger partial charge in [0.2, 0.25) is 0 Å². The van der Waals surface area contributed by atoms with Gasteiger partial charge in [-0.1, -0.05) is 27.5 Å². The van der Waals surface area contributed by atoms with Crippen molar-refractivity contribution in [2.45, 2.75) is 5.33 Å². The Morgan fingerprint density at radius 2 is 2.30 bits per heavy atom. The monoisotopic (exact) mass is 331 g/mol. The molecule has 0 aliphatic heterocycles. The molecule has 1 heterocycles. The zero-order valence-electron chi connectivity index (χ0n) is 4.94. The molecule has 10 heavy (non-hydrogen) atoms. The Labute approximate surface area is 86.4 Å². The Morgan fingerprint density at radius 3 is 2.80 bits per heavy atom. The van der Waals surface area contributed by atoms with Crippen LogP contribution in [0.3, 0.4) is 0 Å². The molecule has 1 rings (SSSR count). The molecule has 0 N–H and O–H groups in total. The molecule has 54 valence electrons. The number of nitrogens with zero attached hydrogens (tertiary/aromatic N) is 1. The maximum absolute atomic E-state index is 5.75. The SMILES string of the molecule is Clc1nc(CBr)ccc1I. The van der Waals surface area contributed by atoms with Crippen molar-refractivity contribution in [3.8, 4) is 0 Å². The smallest absolute Gasteiger partial charge is 0.142 e. The minimum atomic E-state index is 0.581. The Morgan fingerprint density at radius 1 is 1.60 bits per heavy atom. The zero-order valence-corrected chi connectivity index (χ0v) is 9.44. The Hall–Kier alpha value is 0.650. The Balaban J connectivity index is 3.04. The van der Waals surface area contributed by atoms with Gasteiger partial charge in [-0.05, 0) is 34.7 Å². The van der Waals surface area contributed by atoms with Gasteiger partial charge < -0.3 is 0 Å². The van der Waals surface area contributed by atoms with Crippen LogP contribution < -0.4 is 0 Å². The highest BCUT2D eigenvalue weighted by Crippen LogP contribution is 2.16. The first kappa shape index (κ1) is 8.74. The molecule has 0 aliphatic carbocycles. The summed E-state index contributed by atoms with van der Waals surface area (Å²) in [7, 11) is 0. The molecule has 0 bridgehead atoms. The third kappa shape index (κ3) is 2.07. The van der Waals surface area contributed by atoms with Crippen molar-refractivity contribution in [1.29, 1.82) is 0 Å². The van der Waals surface area contributed by atoms with Crippen LogP contribution in [-0.4, -0.2) is 4.98 Å². The predicted molar refractivity (Wildman–Crippen MR) is 54.6 cm³/mol. The summed E-state index contributed by atoms with van der Waals surface area (Å²) in [4.78, 5) is 4.10. The van der Waals surface area contributed by atoms with E-state index in [1.165, 1.54) is 0 Å². The second kappa shape index (κ2) is 3.88. The maximum Gasteiger partial charge on any atom is 0.142 e. The number of rotatable bonds is 1. The zero-order chi connectivity index (χ0) is 7.56. The molecule has 4 heteroatoms. The van der Waals surface area contributed by atoms with Crippen LogP contribution in [0.2, 0.25) is 5.15 Å². The van der Waals surface area contributed by atoms with Gasteiger partial charge in [0.1, 0.15) is 5.15 Å². The third-order valence-corrected chi connectivity index (χ3v) is 3.05. The van der Waals surface area contributed by atoms with Gasteiger partial charge in [0.15, 0.2) is 0 Å². The van der Waals surface area contributed by atoms with Crippen LogP contribution in [0.15, 0.2) is 12.1 Å².